The topological polar surface area (TPSA) is 88.1 Å². The summed E-state index contributed by atoms with van der Waals surface area (Å²) in [6.07, 6.45) is 1.00. The molecule has 0 aliphatic carbocycles. The molecule has 37 heavy (non-hydrogen) atoms. The van der Waals surface area contributed by atoms with E-state index in [1.54, 1.807) is 32.0 Å². The summed E-state index contributed by atoms with van der Waals surface area (Å²) in [5, 5.41) is 0. The molecule has 2 aromatic carbocycles. The van der Waals surface area contributed by atoms with Crippen molar-refractivity contribution in [2.45, 2.75) is 33.6 Å². The highest BCUT2D eigenvalue weighted by Crippen LogP contribution is 2.30. The third-order valence-corrected chi connectivity index (χ3v) is 4.97. The van der Waals surface area contributed by atoms with Crippen LogP contribution in [0.1, 0.15) is 32.8 Å². The van der Waals surface area contributed by atoms with Crippen LogP contribution in [0.5, 0.6) is 11.5 Å². The lowest BCUT2D eigenvalue weighted by atomic mass is 10.00. The van der Waals surface area contributed by atoms with E-state index in [0.29, 0.717) is 40.9 Å². The minimum atomic E-state index is -0.711. The van der Waals surface area contributed by atoms with Gasteiger partial charge in [-0.15, -0.1) is 0 Å². The number of esters is 3. The predicted molar refractivity (Wildman–Crippen MR) is 138 cm³/mol. The van der Waals surface area contributed by atoms with Crippen LogP contribution in [0, 0.1) is 5.82 Å². The van der Waals surface area contributed by atoms with E-state index in [1.807, 2.05) is 6.07 Å². The van der Waals surface area contributed by atoms with Gasteiger partial charge in [0, 0.05) is 16.7 Å². The Kier molecular flexibility index (Phi) is 10.8. The minimum absolute atomic E-state index is 0.0404. The second-order valence-electron chi connectivity index (χ2n) is 8.42. The molecular formula is C29H31FO7. The van der Waals surface area contributed by atoms with E-state index >= 15 is 0 Å². The molecule has 7 nitrogen and oxygen atoms in total. The molecule has 0 N–H and O–H groups in total. The first-order valence-corrected chi connectivity index (χ1v) is 11.6. The molecule has 2 aromatic rings. The number of benzene rings is 2. The summed E-state index contributed by atoms with van der Waals surface area (Å²) >= 11 is 0. The largest absolute Gasteiger partial charge is 0.490 e. The predicted octanol–water partition coefficient (Wildman–Crippen LogP) is 5.52. The molecule has 0 atom stereocenters. The maximum atomic E-state index is 14.6. The Morgan fingerprint density at radius 3 is 1.84 bits per heavy atom. The highest BCUT2D eigenvalue weighted by molar-refractivity contribution is 5.89. The number of rotatable bonds is 13. The number of hydrogen-bond donors (Lipinski definition) is 0. The summed E-state index contributed by atoms with van der Waals surface area (Å²) in [5.41, 5.74) is 2.81. The van der Waals surface area contributed by atoms with Crippen molar-refractivity contribution in [2.75, 3.05) is 19.8 Å². The fraction of sp³-hybridized carbons (Fsp3) is 0.276. The highest BCUT2D eigenvalue weighted by Gasteiger charge is 2.14. The van der Waals surface area contributed by atoms with Crippen LogP contribution in [0.25, 0.3) is 11.1 Å². The van der Waals surface area contributed by atoms with Gasteiger partial charge < -0.3 is 18.9 Å². The van der Waals surface area contributed by atoms with Crippen LogP contribution in [0.15, 0.2) is 72.9 Å². The molecule has 0 bridgehead atoms. The Balaban J connectivity index is 2.20. The maximum Gasteiger partial charge on any atom is 0.338 e. The molecule has 0 heterocycles. The molecule has 0 amide bonds. The van der Waals surface area contributed by atoms with Crippen molar-refractivity contribution >= 4 is 17.9 Å². The summed E-state index contributed by atoms with van der Waals surface area (Å²) in [4.78, 5) is 34.9. The SMILES string of the molecule is C=C(C)C(=O)OCCCc1cc(-c2ccc(OC(=O)C(=C)C)c(F)c2)ccc1OCCOC(=O)C(=C)C. The average molecular weight is 511 g/mol. The van der Waals surface area contributed by atoms with E-state index in [-0.39, 0.29) is 31.1 Å². The van der Waals surface area contributed by atoms with Crippen LogP contribution in [0.4, 0.5) is 4.39 Å². The van der Waals surface area contributed by atoms with Crippen LogP contribution in [0.2, 0.25) is 0 Å². The van der Waals surface area contributed by atoms with Crippen LogP contribution in [0.3, 0.4) is 0 Å². The molecule has 0 aromatic heterocycles. The lowest BCUT2D eigenvalue weighted by molar-refractivity contribution is -0.140. The van der Waals surface area contributed by atoms with Crippen molar-refractivity contribution in [3.05, 3.63) is 84.2 Å². The van der Waals surface area contributed by atoms with Crippen molar-refractivity contribution in [1.82, 2.24) is 0 Å². The summed E-state index contributed by atoms with van der Waals surface area (Å²) in [7, 11) is 0. The highest BCUT2D eigenvalue weighted by atomic mass is 19.1. The number of halogens is 1. The molecule has 0 saturated heterocycles. The number of carbonyl (C=O) groups is 3. The number of hydrogen-bond acceptors (Lipinski definition) is 7. The molecule has 0 radical (unpaired) electrons. The van der Waals surface area contributed by atoms with Gasteiger partial charge in [-0.3, -0.25) is 0 Å². The fourth-order valence-corrected chi connectivity index (χ4v) is 3.01. The molecule has 0 aliphatic heterocycles. The Hall–Kier alpha value is -4.20. The Labute approximate surface area is 216 Å². The zero-order chi connectivity index (χ0) is 27.5. The van der Waals surface area contributed by atoms with Gasteiger partial charge in [0.2, 0.25) is 0 Å². The quantitative estimate of drug-likeness (QED) is 0.152. The summed E-state index contributed by atoms with van der Waals surface area (Å²) in [5.74, 6) is -2.02. The summed E-state index contributed by atoms with van der Waals surface area (Å²) < 4.78 is 35.7. The maximum absolute atomic E-state index is 14.6. The van der Waals surface area contributed by atoms with Gasteiger partial charge >= 0.3 is 17.9 Å². The average Bonchev–Trinajstić information content (AvgIpc) is 2.85. The molecule has 0 saturated carbocycles. The summed E-state index contributed by atoms with van der Waals surface area (Å²) in [6, 6.07) is 9.61. The third kappa shape index (κ3) is 9.07. The Morgan fingerprint density at radius 1 is 0.730 bits per heavy atom. The van der Waals surface area contributed by atoms with E-state index in [1.165, 1.54) is 19.1 Å². The Bertz CT molecular complexity index is 1210. The lowest BCUT2D eigenvalue weighted by Crippen LogP contribution is -2.13. The third-order valence-electron chi connectivity index (χ3n) is 4.97. The zero-order valence-corrected chi connectivity index (χ0v) is 21.4. The van der Waals surface area contributed by atoms with Gasteiger partial charge in [0.05, 0.1) is 6.61 Å². The molecule has 196 valence electrons. The van der Waals surface area contributed by atoms with Crippen molar-refractivity contribution in [3.8, 4) is 22.6 Å². The van der Waals surface area contributed by atoms with Gasteiger partial charge in [0.1, 0.15) is 19.0 Å². The van der Waals surface area contributed by atoms with E-state index < -0.39 is 23.7 Å². The smallest absolute Gasteiger partial charge is 0.338 e. The normalized spacial score (nSPS) is 10.3. The van der Waals surface area contributed by atoms with E-state index in [2.05, 4.69) is 19.7 Å². The van der Waals surface area contributed by atoms with Gasteiger partial charge in [-0.05, 0) is 74.6 Å². The molecule has 0 unspecified atom stereocenters. The first-order valence-electron chi connectivity index (χ1n) is 11.6. The van der Waals surface area contributed by atoms with E-state index in [0.717, 1.165) is 5.56 Å². The monoisotopic (exact) mass is 510 g/mol. The number of carbonyl (C=O) groups excluding carboxylic acids is 3. The second kappa shape index (κ2) is 13.8. The molecule has 0 spiro atoms. The van der Waals surface area contributed by atoms with Gasteiger partial charge in [-0.2, -0.15) is 0 Å². The number of ether oxygens (including phenoxy) is 4. The molecule has 8 heteroatoms. The second-order valence-corrected chi connectivity index (χ2v) is 8.42. The van der Waals surface area contributed by atoms with Gasteiger partial charge in [-0.1, -0.05) is 31.9 Å². The van der Waals surface area contributed by atoms with Crippen LogP contribution < -0.4 is 9.47 Å². The van der Waals surface area contributed by atoms with Gasteiger partial charge in [-0.25, -0.2) is 18.8 Å². The minimum Gasteiger partial charge on any atom is -0.490 e. The van der Waals surface area contributed by atoms with Crippen molar-refractivity contribution < 1.29 is 37.7 Å². The molecular weight excluding hydrogens is 479 g/mol. The van der Waals surface area contributed by atoms with E-state index in [9.17, 15) is 18.8 Å². The van der Waals surface area contributed by atoms with Gasteiger partial charge in [0.25, 0.3) is 0 Å². The molecule has 0 aliphatic rings. The van der Waals surface area contributed by atoms with Gasteiger partial charge in [0.15, 0.2) is 11.6 Å². The molecule has 0 fully saturated rings. The first-order chi connectivity index (χ1) is 17.5. The molecule has 2 rings (SSSR count). The zero-order valence-electron chi connectivity index (χ0n) is 21.4. The van der Waals surface area contributed by atoms with Crippen LogP contribution in [-0.2, 0) is 30.3 Å². The van der Waals surface area contributed by atoms with Crippen LogP contribution in [-0.4, -0.2) is 37.7 Å². The number of aryl methyl sites for hydroxylation is 1. The van der Waals surface area contributed by atoms with Crippen molar-refractivity contribution in [3.63, 3.8) is 0 Å². The fourth-order valence-electron chi connectivity index (χ4n) is 3.01. The van der Waals surface area contributed by atoms with E-state index in [4.69, 9.17) is 18.9 Å². The van der Waals surface area contributed by atoms with Crippen molar-refractivity contribution in [2.24, 2.45) is 0 Å². The first kappa shape index (κ1) is 29.0. The van der Waals surface area contributed by atoms with Crippen LogP contribution >= 0.6 is 0 Å². The lowest BCUT2D eigenvalue weighted by Gasteiger charge is -2.14. The standard InChI is InChI=1S/C29H31FO7/c1-18(2)27(31)35-13-7-8-23-16-21(9-11-25(23)34-14-15-36-28(32)19(3)4)22-10-12-26(24(30)17-22)37-29(33)20(5)6/h9-12,16-17H,1,3,5,7-8,13-15H2,2,4,6H3. The summed E-state index contributed by atoms with van der Waals surface area (Å²) in [6.45, 7) is 15.5. The van der Waals surface area contributed by atoms with Crippen molar-refractivity contribution in [1.29, 1.82) is 0 Å². The Morgan fingerprint density at radius 2 is 1.27 bits per heavy atom.